The summed E-state index contributed by atoms with van der Waals surface area (Å²) in [4.78, 5) is 14.8. The van der Waals surface area contributed by atoms with Gasteiger partial charge in [-0.2, -0.15) is 17.5 Å². The van der Waals surface area contributed by atoms with Crippen LogP contribution < -0.4 is 0 Å². The molecule has 1 aliphatic heterocycles. The fraction of sp³-hybridized carbons (Fsp3) is 0.250. The molecule has 5 nitrogen and oxygen atoms in total. The number of alkyl halides is 3. The zero-order valence-electron chi connectivity index (χ0n) is 15.2. The van der Waals surface area contributed by atoms with Gasteiger partial charge in [0.25, 0.3) is 0 Å². The van der Waals surface area contributed by atoms with E-state index in [1.165, 1.54) is 34.6 Å². The van der Waals surface area contributed by atoms with Gasteiger partial charge in [0.05, 0.1) is 16.2 Å². The summed E-state index contributed by atoms with van der Waals surface area (Å²) in [6.45, 7) is 0.896. The van der Waals surface area contributed by atoms with Crippen LogP contribution in [0.4, 0.5) is 13.2 Å². The van der Waals surface area contributed by atoms with Crippen LogP contribution in [0, 0.1) is 0 Å². The van der Waals surface area contributed by atoms with E-state index in [4.69, 9.17) is 0 Å². The van der Waals surface area contributed by atoms with Gasteiger partial charge >= 0.3 is 6.18 Å². The Balaban J connectivity index is 1.85. The molecule has 0 aliphatic carbocycles. The molecule has 1 aliphatic rings. The molecule has 0 atom stereocenters. The number of nitrogens with zero attached hydrogens (tertiary/aromatic N) is 1. The fourth-order valence-corrected chi connectivity index (χ4v) is 5.17. The molecule has 3 aromatic rings. The minimum atomic E-state index is -4.51. The summed E-state index contributed by atoms with van der Waals surface area (Å²) in [7, 11) is -3.68. The van der Waals surface area contributed by atoms with E-state index in [2.05, 4.69) is 4.98 Å². The van der Waals surface area contributed by atoms with Gasteiger partial charge in [0.1, 0.15) is 0 Å². The Morgan fingerprint density at radius 3 is 2.41 bits per heavy atom. The first-order valence-corrected chi connectivity index (χ1v) is 10.4. The van der Waals surface area contributed by atoms with Crippen LogP contribution >= 0.6 is 0 Å². The molecule has 2 heterocycles. The number of sulfonamides is 1. The molecule has 152 valence electrons. The van der Waals surface area contributed by atoms with Crippen molar-refractivity contribution in [3.05, 3.63) is 53.6 Å². The van der Waals surface area contributed by atoms with Gasteiger partial charge in [-0.05, 0) is 48.7 Å². The van der Waals surface area contributed by atoms with E-state index >= 15 is 0 Å². The third kappa shape index (κ3) is 3.44. The zero-order chi connectivity index (χ0) is 20.8. The number of halogens is 3. The van der Waals surface area contributed by atoms with E-state index < -0.39 is 21.8 Å². The normalized spacial score (nSPS) is 15.8. The van der Waals surface area contributed by atoms with Gasteiger partial charge in [0, 0.05) is 29.6 Å². The van der Waals surface area contributed by atoms with Crippen LogP contribution in [-0.2, 0) is 16.2 Å². The summed E-state index contributed by atoms with van der Waals surface area (Å²) in [5, 5.41) is 0.354. The predicted octanol–water partition coefficient (Wildman–Crippen LogP) is 4.45. The quantitative estimate of drug-likeness (QED) is 0.632. The number of benzene rings is 2. The third-order valence-electron chi connectivity index (χ3n) is 5.11. The fourth-order valence-electron chi connectivity index (χ4n) is 3.63. The molecule has 0 amide bonds. The lowest BCUT2D eigenvalue weighted by Gasteiger charge is -2.15. The SMILES string of the molecule is O=Cc1c(-c2cccc(C(F)(F)F)c2)[nH]c2ccc(S(=O)(=O)N3CCCC3)cc12. The molecule has 1 saturated heterocycles. The Morgan fingerprint density at radius 1 is 1.03 bits per heavy atom. The smallest absolute Gasteiger partial charge is 0.354 e. The van der Waals surface area contributed by atoms with Crippen molar-refractivity contribution in [2.24, 2.45) is 0 Å². The molecule has 1 fully saturated rings. The number of H-pyrrole nitrogens is 1. The maximum atomic E-state index is 13.1. The number of rotatable bonds is 4. The van der Waals surface area contributed by atoms with Crippen LogP contribution in [0.2, 0.25) is 0 Å². The standard InChI is InChI=1S/C20H17F3N2O3S/c21-20(22,23)14-5-3-4-13(10-14)19-17(12-26)16-11-15(6-7-18(16)24-19)29(27,28)25-8-1-2-9-25/h3-7,10-12,24H,1-2,8-9H2. The van der Waals surface area contributed by atoms with Gasteiger partial charge in [0.2, 0.25) is 10.0 Å². The van der Waals surface area contributed by atoms with Crippen LogP contribution in [0.15, 0.2) is 47.4 Å². The number of carbonyl (C=O) groups excluding carboxylic acids is 1. The maximum Gasteiger partial charge on any atom is 0.416 e. The molecule has 0 unspecified atom stereocenters. The van der Waals surface area contributed by atoms with Gasteiger partial charge in [0.15, 0.2) is 6.29 Å². The molecular formula is C20H17F3N2O3S. The van der Waals surface area contributed by atoms with E-state index in [0.29, 0.717) is 30.3 Å². The van der Waals surface area contributed by atoms with E-state index in [1.54, 1.807) is 0 Å². The monoisotopic (exact) mass is 422 g/mol. The predicted molar refractivity (Wildman–Crippen MR) is 102 cm³/mol. The second-order valence-corrected chi connectivity index (χ2v) is 8.87. The first-order chi connectivity index (χ1) is 13.7. The van der Waals surface area contributed by atoms with Crippen molar-refractivity contribution in [3.8, 4) is 11.3 Å². The molecule has 4 rings (SSSR count). The van der Waals surface area contributed by atoms with Crippen molar-refractivity contribution < 1.29 is 26.4 Å². The third-order valence-corrected chi connectivity index (χ3v) is 7.00. The number of carbonyl (C=O) groups is 1. The molecule has 29 heavy (non-hydrogen) atoms. The summed E-state index contributed by atoms with van der Waals surface area (Å²) >= 11 is 0. The summed E-state index contributed by atoms with van der Waals surface area (Å²) in [5.74, 6) is 0. The van der Waals surface area contributed by atoms with Crippen molar-refractivity contribution >= 4 is 27.2 Å². The molecule has 0 spiro atoms. The van der Waals surface area contributed by atoms with E-state index in [9.17, 15) is 26.4 Å². The molecule has 0 saturated carbocycles. The van der Waals surface area contributed by atoms with Crippen molar-refractivity contribution in [2.75, 3.05) is 13.1 Å². The lowest BCUT2D eigenvalue weighted by atomic mass is 10.0. The number of aromatic amines is 1. The van der Waals surface area contributed by atoms with Crippen molar-refractivity contribution in [3.63, 3.8) is 0 Å². The number of hydrogen-bond acceptors (Lipinski definition) is 3. The van der Waals surface area contributed by atoms with Crippen molar-refractivity contribution in [1.82, 2.24) is 9.29 Å². The number of hydrogen-bond donors (Lipinski definition) is 1. The van der Waals surface area contributed by atoms with E-state index in [1.807, 2.05) is 0 Å². The Kier molecular flexibility index (Phi) is 4.74. The average molecular weight is 422 g/mol. The van der Waals surface area contributed by atoms with Crippen LogP contribution in [0.5, 0.6) is 0 Å². The van der Waals surface area contributed by atoms with Crippen molar-refractivity contribution in [2.45, 2.75) is 23.9 Å². The minimum absolute atomic E-state index is 0.0598. The molecule has 9 heteroatoms. The van der Waals surface area contributed by atoms with E-state index in [-0.39, 0.29) is 21.7 Å². The first-order valence-electron chi connectivity index (χ1n) is 9.00. The van der Waals surface area contributed by atoms with Gasteiger partial charge in [-0.15, -0.1) is 0 Å². The van der Waals surface area contributed by atoms with Crippen LogP contribution in [0.1, 0.15) is 28.8 Å². The Bertz CT molecular complexity index is 1190. The molecule has 0 bridgehead atoms. The highest BCUT2D eigenvalue weighted by Crippen LogP contribution is 2.35. The minimum Gasteiger partial charge on any atom is -0.354 e. The molecule has 1 aromatic heterocycles. The Labute approximate surface area is 165 Å². The summed E-state index contributed by atoms with van der Waals surface area (Å²) in [6, 6.07) is 9.02. The largest absolute Gasteiger partial charge is 0.416 e. The molecule has 1 N–H and O–H groups in total. The number of aldehydes is 1. The van der Waals surface area contributed by atoms with Gasteiger partial charge in [-0.3, -0.25) is 4.79 Å². The highest BCUT2D eigenvalue weighted by molar-refractivity contribution is 7.89. The molecule has 0 radical (unpaired) electrons. The lowest BCUT2D eigenvalue weighted by molar-refractivity contribution is -0.137. The van der Waals surface area contributed by atoms with Crippen LogP contribution in [-0.4, -0.2) is 37.1 Å². The number of nitrogens with one attached hydrogen (secondary N) is 1. The highest BCUT2D eigenvalue weighted by atomic mass is 32.2. The first kappa shape index (κ1) is 19.7. The van der Waals surface area contributed by atoms with Crippen molar-refractivity contribution in [1.29, 1.82) is 0 Å². The highest BCUT2D eigenvalue weighted by Gasteiger charge is 2.31. The second-order valence-electron chi connectivity index (χ2n) is 6.93. The second kappa shape index (κ2) is 7.00. The lowest BCUT2D eigenvalue weighted by Crippen LogP contribution is -2.27. The van der Waals surface area contributed by atoms with Crippen LogP contribution in [0.25, 0.3) is 22.2 Å². The summed E-state index contributed by atoms with van der Waals surface area (Å²) in [6.07, 6.45) is -2.39. The summed E-state index contributed by atoms with van der Waals surface area (Å²) < 4.78 is 66.2. The number of fused-ring (bicyclic) bond motifs is 1. The van der Waals surface area contributed by atoms with Crippen LogP contribution in [0.3, 0.4) is 0 Å². The van der Waals surface area contributed by atoms with Gasteiger partial charge < -0.3 is 4.98 Å². The average Bonchev–Trinajstić information content (AvgIpc) is 3.35. The molecular weight excluding hydrogens is 405 g/mol. The maximum absolute atomic E-state index is 13.1. The van der Waals surface area contributed by atoms with Gasteiger partial charge in [-0.25, -0.2) is 8.42 Å². The van der Waals surface area contributed by atoms with Gasteiger partial charge in [-0.1, -0.05) is 12.1 Å². The Morgan fingerprint density at radius 2 is 1.76 bits per heavy atom. The summed E-state index contributed by atoms with van der Waals surface area (Å²) in [5.41, 5.74) is 0.180. The number of aromatic nitrogens is 1. The topological polar surface area (TPSA) is 70.2 Å². The molecule has 2 aromatic carbocycles. The Hall–Kier alpha value is -2.65. The zero-order valence-corrected chi connectivity index (χ0v) is 16.0. The van der Waals surface area contributed by atoms with E-state index in [0.717, 1.165) is 25.0 Å².